The lowest BCUT2D eigenvalue weighted by atomic mass is 10.2. The smallest absolute Gasteiger partial charge is 0.263 e. The summed E-state index contributed by atoms with van der Waals surface area (Å²) in [5, 5.41) is 0. The molecule has 0 bridgehead atoms. The summed E-state index contributed by atoms with van der Waals surface area (Å²) < 4.78 is 27.3. The molecule has 3 N–H and O–H groups in total. The highest BCUT2D eigenvalue weighted by molar-refractivity contribution is 7.92. The molecule has 0 unspecified atom stereocenters. The first kappa shape index (κ1) is 14.3. The van der Waals surface area contributed by atoms with Crippen molar-refractivity contribution in [1.82, 2.24) is 4.98 Å². The van der Waals surface area contributed by atoms with Gasteiger partial charge in [-0.05, 0) is 56.2 Å². The van der Waals surface area contributed by atoms with Crippen LogP contribution < -0.4 is 10.5 Å². The summed E-state index contributed by atoms with van der Waals surface area (Å²) in [5.74, 6) is 0.310. The van der Waals surface area contributed by atoms with Crippen LogP contribution in [0.25, 0.3) is 0 Å². The molecule has 5 nitrogen and oxygen atoms in total. The Balaban J connectivity index is 2.43. The number of hydrogen-bond donors (Lipinski definition) is 2. The monoisotopic (exact) mass is 291 g/mol. The van der Waals surface area contributed by atoms with E-state index < -0.39 is 10.0 Å². The van der Waals surface area contributed by atoms with Crippen molar-refractivity contribution in [2.24, 2.45) is 0 Å². The van der Waals surface area contributed by atoms with Crippen LogP contribution in [0.15, 0.2) is 35.2 Å². The van der Waals surface area contributed by atoms with E-state index in [1.807, 2.05) is 19.9 Å². The molecule has 0 atom stereocenters. The summed E-state index contributed by atoms with van der Waals surface area (Å²) in [4.78, 5) is 4.34. The van der Waals surface area contributed by atoms with Gasteiger partial charge in [-0.25, -0.2) is 13.4 Å². The number of aryl methyl sites for hydroxylation is 2. The van der Waals surface area contributed by atoms with Gasteiger partial charge in [0.05, 0.1) is 4.90 Å². The lowest BCUT2D eigenvalue weighted by Gasteiger charge is -2.12. The number of nitrogens with two attached hydrogens (primary N) is 1. The second kappa shape index (κ2) is 5.13. The van der Waals surface area contributed by atoms with E-state index >= 15 is 0 Å². The molecule has 0 aliphatic rings. The highest BCUT2D eigenvalue weighted by Crippen LogP contribution is 2.22. The first-order valence-electron chi connectivity index (χ1n) is 6.13. The molecule has 0 saturated heterocycles. The molecule has 1 aromatic heterocycles. The normalized spacial score (nSPS) is 11.3. The van der Waals surface area contributed by atoms with Crippen LogP contribution in [0.4, 0.5) is 11.5 Å². The largest absolute Gasteiger partial charge is 0.398 e. The number of hydrogen-bond acceptors (Lipinski definition) is 4. The van der Waals surface area contributed by atoms with Gasteiger partial charge in [0.1, 0.15) is 5.82 Å². The number of aromatic nitrogens is 1. The predicted molar refractivity (Wildman–Crippen MR) is 80.1 cm³/mol. The molecule has 0 radical (unpaired) electrons. The van der Waals surface area contributed by atoms with Crippen LogP contribution >= 0.6 is 0 Å². The molecule has 0 aliphatic heterocycles. The zero-order valence-electron chi connectivity index (χ0n) is 11.6. The number of nitrogens with zero attached hydrogens (tertiary/aromatic N) is 1. The average Bonchev–Trinajstić information content (AvgIpc) is 2.30. The third-order valence-corrected chi connectivity index (χ3v) is 4.45. The van der Waals surface area contributed by atoms with Gasteiger partial charge in [-0.1, -0.05) is 6.07 Å². The van der Waals surface area contributed by atoms with E-state index in [0.717, 1.165) is 11.3 Å². The summed E-state index contributed by atoms with van der Waals surface area (Å²) in [5.41, 5.74) is 8.43. The van der Waals surface area contributed by atoms with Crippen molar-refractivity contribution < 1.29 is 8.42 Å². The first-order chi connectivity index (χ1) is 9.29. The molecule has 20 heavy (non-hydrogen) atoms. The van der Waals surface area contributed by atoms with Crippen molar-refractivity contribution >= 4 is 21.5 Å². The van der Waals surface area contributed by atoms with Crippen LogP contribution in [0.2, 0.25) is 0 Å². The van der Waals surface area contributed by atoms with Crippen LogP contribution in [0.5, 0.6) is 0 Å². The van der Waals surface area contributed by atoms with Crippen molar-refractivity contribution in [3.05, 3.63) is 47.2 Å². The van der Waals surface area contributed by atoms with Gasteiger partial charge in [0, 0.05) is 11.4 Å². The molecule has 0 amide bonds. The number of sulfonamides is 1. The topological polar surface area (TPSA) is 85.1 Å². The fraction of sp³-hybridized carbons (Fsp3) is 0.214. The Bertz CT molecular complexity index is 735. The lowest BCUT2D eigenvalue weighted by Crippen LogP contribution is -2.16. The van der Waals surface area contributed by atoms with E-state index in [1.165, 1.54) is 6.07 Å². The van der Waals surface area contributed by atoms with Crippen LogP contribution in [0, 0.1) is 20.8 Å². The molecule has 2 rings (SSSR count). The second-order valence-corrected chi connectivity index (χ2v) is 6.40. The number of nitrogens with one attached hydrogen (secondary N) is 1. The Kier molecular flexibility index (Phi) is 3.67. The Hall–Kier alpha value is -2.08. The Morgan fingerprint density at radius 3 is 2.50 bits per heavy atom. The maximum Gasteiger partial charge on any atom is 0.263 e. The number of rotatable bonds is 3. The molecule has 106 valence electrons. The number of anilines is 2. The van der Waals surface area contributed by atoms with Crippen LogP contribution in [-0.4, -0.2) is 13.4 Å². The predicted octanol–water partition coefficient (Wildman–Crippen LogP) is 2.39. The van der Waals surface area contributed by atoms with Gasteiger partial charge in [0.15, 0.2) is 0 Å². The molecule has 0 fully saturated rings. The van der Waals surface area contributed by atoms with Crippen molar-refractivity contribution in [3.8, 4) is 0 Å². The minimum Gasteiger partial charge on any atom is -0.398 e. The van der Waals surface area contributed by atoms with E-state index in [2.05, 4.69) is 9.71 Å². The Morgan fingerprint density at radius 2 is 1.85 bits per heavy atom. The summed E-state index contributed by atoms with van der Waals surface area (Å²) in [6.07, 6.45) is 0. The molecule has 2 aromatic rings. The molecule has 0 saturated carbocycles. The van der Waals surface area contributed by atoms with E-state index in [-0.39, 0.29) is 4.90 Å². The third-order valence-electron chi connectivity index (χ3n) is 2.95. The van der Waals surface area contributed by atoms with E-state index in [1.54, 1.807) is 25.1 Å². The van der Waals surface area contributed by atoms with Crippen molar-refractivity contribution in [1.29, 1.82) is 0 Å². The number of benzene rings is 1. The SMILES string of the molecule is Cc1cc(C)nc(NS(=O)(=O)c2cccc(N)c2C)c1. The van der Waals surface area contributed by atoms with Crippen molar-refractivity contribution in [2.45, 2.75) is 25.7 Å². The standard InChI is InChI=1S/C14H17N3O2S/c1-9-7-10(2)16-14(8-9)17-20(18,19)13-6-4-5-12(15)11(13)3/h4-8H,15H2,1-3H3,(H,16,17). The Labute approximate surface area is 118 Å². The number of pyridine rings is 1. The lowest BCUT2D eigenvalue weighted by molar-refractivity contribution is 0.600. The van der Waals surface area contributed by atoms with Gasteiger partial charge < -0.3 is 5.73 Å². The quantitative estimate of drug-likeness (QED) is 0.850. The summed E-state index contributed by atoms with van der Waals surface area (Å²) in [6.45, 7) is 5.38. The fourth-order valence-electron chi connectivity index (χ4n) is 2.01. The van der Waals surface area contributed by atoms with Gasteiger partial charge >= 0.3 is 0 Å². The van der Waals surface area contributed by atoms with Crippen LogP contribution in [0.1, 0.15) is 16.8 Å². The summed E-state index contributed by atoms with van der Waals surface area (Å²) in [7, 11) is -3.69. The summed E-state index contributed by atoms with van der Waals surface area (Å²) >= 11 is 0. The number of nitrogen functional groups attached to an aromatic ring is 1. The average molecular weight is 291 g/mol. The minimum absolute atomic E-state index is 0.165. The second-order valence-electron chi connectivity index (χ2n) is 4.75. The molecule has 1 heterocycles. The minimum atomic E-state index is -3.69. The molecule has 0 spiro atoms. The highest BCUT2D eigenvalue weighted by Gasteiger charge is 2.18. The summed E-state index contributed by atoms with van der Waals surface area (Å²) in [6, 6.07) is 8.38. The molecular weight excluding hydrogens is 274 g/mol. The van der Waals surface area contributed by atoms with Crippen molar-refractivity contribution in [3.63, 3.8) is 0 Å². The third kappa shape index (κ3) is 2.91. The van der Waals surface area contributed by atoms with Crippen LogP contribution in [0.3, 0.4) is 0 Å². The van der Waals surface area contributed by atoms with Gasteiger partial charge in [0.25, 0.3) is 10.0 Å². The first-order valence-corrected chi connectivity index (χ1v) is 7.61. The maximum atomic E-state index is 12.4. The highest BCUT2D eigenvalue weighted by atomic mass is 32.2. The van der Waals surface area contributed by atoms with Gasteiger partial charge in [0.2, 0.25) is 0 Å². The van der Waals surface area contributed by atoms with Crippen molar-refractivity contribution in [2.75, 3.05) is 10.5 Å². The fourth-order valence-corrected chi connectivity index (χ4v) is 3.28. The Morgan fingerprint density at radius 1 is 1.15 bits per heavy atom. The zero-order valence-corrected chi connectivity index (χ0v) is 12.5. The molecule has 0 aliphatic carbocycles. The van der Waals surface area contributed by atoms with Crippen LogP contribution in [-0.2, 0) is 10.0 Å². The zero-order chi connectivity index (χ0) is 14.9. The maximum absolute atomic E-state index is 12.4. The van der Waals surface area contributed by atoms with E-state index in [9.17, 15) is 8.42 Å². The molecule has 1 aromatic carbocycles. The molecule has 6 heteroatoms. The van der Waals surface area contributed by atoms with E-state index in [4.69, 9.17) is 5.73 Å². The van der Waals surface area contributed by atoms with E-state index in [0.29, 0.717) is 17.1 Å². The van der Waals surface area contributed by atoms with Gasteiger partial charge in [-0.3, -0.25) is 4.72 Å². The van der Waals surface area contributed by atoms with Gasteiger partial charge in [-0.2, -0.15) is 0 Å². The van der Waals surface area contributed by atoms with Gasteiger partial charge in [-0.15, -0.1) is 0 Å². The molecular formula is C14H17N3O2S.